The fraction of sp³-hybridized carbons (Fsp3) is 0.500. The summed E-state index contributed by atoms with van der Waals surface area (Å²) in [6.45, 7) is 6.47. The van der Waals surface area contributed by atoms with Crippen LogP contribution in [-0.2, 0) is 0 Å². The van der Waals surface area contributed by atoms with Crippen LogP contribution < -0.4 is 5.32 Å². The molecule has 0 aromatic heterocycles. The lowest BCUT2D eigenvalue weighted by Crippen LogP contribution is -2.11. The van der Waals surface area contributed by atoms with Gasteiger partial charge in [-0.15, -0.1) is 11.6 Å². The van der Waals surface area contributed by atoms with Gasteiger partial charge in [0.25, 0.3) is 0 Å². The second kappa shape index (κ2) is 4.81. The summed E-state index contributed by atoms with van der Waals surface area (Å²) in [7, 11) is 1.87. The van der Waals surface area contributed by atoms with Crippen molar-refractivity contribution < 1.29 is 0 Å². The first kappa shape index (κ1) is 11.5. The Morgan fingerprint density at radius 3 is 2.43 bits per heavy atom. The van der Waals surface area contributed by atoms with Gasteiger partial charge in [-0.3, -0.25) is 0 Å². The van der Waals surface area contributed by atoms with Gasteiger partial charge >= 0.3 is 0 Å². The quantitative estimate of drug-likeness (QED) is 0.596. The van der Waals surface area contributed by atoms with Crippen LogP contribution in [0.5, 0.6) is 0 Å². The summed E-state index contributed by atoms with van der Waals surface area (Å²) < 4.78 is 0. The monoisotopic (exact) mass is 211 g/mol. The average Bonchev–Trinajstić information content (AvgIpc) is 2.17. The van der Waals surface area contributed by atoms with E-state index in [1.165, 1.54) is 16.7 Å². The summed E-state index contributed by atoms with van der Waals surface area (Å²) in [5, 5.41) is 3.05. The SMILES string of the molecule is CNC(Cl)c1cc(C(C)C)ccc1C. The van der Waals surface area contributed by atoms with E-state index in [-0.39, 0.29) is 5.50 Å². The van der Waals surface area contributed by atoms with E-state index in [0.29, 0.717) is 5.92 Å². The van der Waals surface area contributed by atoms with Crippen molar-refractivity contribution in [2.24, 2.45) is 0 Å². The number of hydrogen-bond donors (Lipinski definition) is 1. The van der Waals surface area contributed by atoms with E-state index in [1.807, 2.05) is 7.05 Å². The summed E-state index contributed by atoms with van der Waals surface area (Å²) >= 11 is 6.16. The molecule has 0 aliphatic carbocycles. The van der Waals surface area contributed by atoms with E-state index in [4.69, 9.17) is 11.6 Å². The van der Waals surface area contributed by atoms with Gasteiger partial charge in [-0.1, -0.05) is 32.0 Å². The molecule has 0 saturated heterocycles. The van der Waals surface area contributed by atoms with E-state index in [2.05, 4.69) is 44.3 Å². The highest BCUT2D eigenvalue weighted by atomic mass is 35.5. The molecule has 0 aliphatic rings. The van der Waals surface area contributed by atoms with Crippen LogP contribution in [0.1, 0.15) is 42.0 Å². The van der Waals surface area contributed by atoms with Crippen molar-refractivity contribution in [1.29, 1.82) is 0 Å². The number of halogens is 1. The molecular weight excluding hydrogens is 194 g/mol. The molecule has 14 heavy (non-hydrogen) atoms. The van der Waals surface area contributed by atoms with Crippen molar-refractivity contribution in [3.8, 4) is 0 Å². The van der Waals surface area contributed by atoms with Crippen molar-refractivity contribution in [2.75, 3.05) is 7.05 Å². The van der Waals surface area contributed by atoms with Crippen molar-refractivity contribution in [2.45, 2.75) is 32.2 Å². The predicted octanol–water partition coefficient (Wildman–Crippen LogP) is 3.58. The molecule has 0 bridgehead atoms. The summed E-state index contributed by atoms with van der Waals surface area (Å²) in [6.07, 6.45) is 0. The van der Waals surface area contributed by atoms with Gasteiger partial charge in [-0.05, 0) is 36.6 Å². The van der Waals surface area contributed by atoms with Crippen molar-refractivity contribution in [3.63, 3.8) is 0 Å². The molecule has 1 atom stereocenters. The van der Waals surface area contributed by atoms with Gasteiger partial charge in [-0.2, -0.15) is 0 Å². The van der Waals surface area contributed by atoms with Gasteiger partial charge in [-0.25, -0.2) is 0 Å². The van der Waals surface area contributed by atoms with Gasteiger partial charge in [0, 0.05) is 0 Å². The maximum atomic E-state index is 6.16. The molecule has 1 N–H and O–H groups in total. The zero-order valence-electron chi connectivity index (χ0n) is 9.26. The highest BCUT2D eigenvalue weighted by Gasteiger charge is 2.09. The Morgan fingerprint density at radius 1 is 1.29 bits per heavy atom. The number of nitrogens with one attached hydrogen (secondary N) is 1. The molecule has 0 fully saturated rings. The van der Waals surface area contributed by atoms with Crippen LogP contribution in [0.2, 0.25) is 0 Å². The highest BCUT2D eigenvalue weighted by Crippen LogP contribution is 2.25. The first-order valence-corrected chi connectivity index (χ1v) is 5.41. The van der Waals surface area contributed by atoms with Crippen LogP contribution in [0, 0.1) is 6.92 Å². The minimum Gasteiger partial charge on any atom is -0.301 e. The summed E-state index contributed by atoms with van der Waals surface area (Å²) in [5.74, 6) is 0.551. The van der Waals surface area contributed by atoms with Gasteiger partial charge in [0.05, 0.1) is 0 Å². The number of rotatable bonds is 3. The molecule has 0 aliphatic heterocycles. The molecule has 1 unspecified atom stereocenters. The molecule has 0 radical (unpaired) electrons. The Kier molecular flexibility index (Phi) is 3.97. The fourth-order valence-corrected chi connectivity index (χ4v) is 1.68. The second-order valence-electron chi connectivity index (χ2n) is 3.92. The Morgan fingerprint density at radius 2 is 1.93 bits per heavy atom. The van der Waals surface area contributed by atoms with E-state index < -0.39 is 0 Å². The Balaban J connectivity index is 3.08. The van der Waals surface area contributed by atoms with E-state index in [9.17, 15) is 0 Å². The smallest absolute Gasteiger partial charge is 0.108 e. The van der Waals surface area contributed by atoms with Crippen molar-refractivity contribution in [3.05, 3.63) is 34.9 Å². The van der Waals surface area contributed by atoms with Gasteiger partial charge < -0.3 is 5.32 Å². The molecule has 0 heterocycles. The molecule has 1 nitrogen and oxygen atoms in total. The van der Waals surface area contributed by atoms with Crippen molar-refractivity contribution >= 4 is 11.6 Å². The van der Waals surface area contributed by atoms with Crippen LogP contribution in [-0.4, -0.2) is 7.05 Å². The number of aryl methyl sites for hydroxylation is 1. The van der Waals surface area contributed by atoms with E-state index >= 15 is 0 Å². The van der Waals surface area contributed by atoms with Crippen LogP contribution in [0.4, 0.5) is 0 Å². The third kappa shape index (κ3) is 2.49. The van der Waals surface area contributed by atoms with Gasteiger partial charge in [0.15, 0.2) is 0 Å². The van der Waals surface area contributed by atoms with Crippen LogP contribution >= 0.6 is 11.6 Å². The maximum absolute atomic E-state index is 6.16. The number of hydrogen-bond acceptors (Lipinski definition) is 1. The summed E-state index contributed by atoms with van der Waals surface area (Å²) in [5.41, 5.74) is 3.67. The summed E-state index contributed by atoms with van der Waals surface area (Å²) in [6, 6.07) is 6.49. The molecular formula is C12H18ClN. The topological polar surface area (TPSA) is 12.0 Å². The molecule has 1 rings (SSSR count). The maximum Gasteiger partial charge on any atom is 0.108 e. The fourth-order valence-electron chi connectivity index (χ4n) is 1.45. The Bertz CT molecular complexity index is 307. The number of alkyl halides is 1. The van der Waals surface area contributed by atoms with Crippen LogP contribution in [0.15, 0.2) is 18.2 Å². The minimum atomic E-state index is -0.0892. The number of benzene rings is 1. The predicted molar refractivity (Wildman–Crippen MR) is 62.9 cm³/mol. The lowest BCUT2D eigenvalue weighted by atomic mass is 9.98. The molecule has 1 aromatic carbocycles. The summed E-state index contributed by atoms with van der Waals surface area (Å²) in [4.78, 5) is 0. The highest BCUT2D eigenvalue weighted by molar-refractivity contribution is 6.20. The van der Waals surface area contributed by atoms with Crippen molar-refractivity contribution in [1.82, 2.24) is 5.32 Å². The van der Waals surface area contributed by atoms with E-state index in [0.717, 1.165) is 0 Å². The molecule has 2 heteroatoms. The minimum absolute atomic E-state index is 0.0892. The van der Waals surface area contributed by atoms with Crippen LogP contribution in [0.25, 0.3) is 0 Å². The lowest BCUT2D eigenvalue weighted by molar-refractivity contribution is 0.771. The third-order valence-electron chi connectivity index (χ3n) is 2.50. The van der Waals surface area contributed by atoms with Gasteiger partial charge in [0.2, 0.25) is 0 Å². The van der Waals surface area contributed by atoms with E-state index in [1.54, 1.807) is 0 Å². The average molecular weight is 212 g/mol. The third-order valence-corrected chi connectivity index (χ3v) is 2.95. The molecule has 1 aromatic rings. The second-order valence-corrected chi connectivity index (χ2v) is 4.36. The zero-order valence-corrected chi connectivity index (χ0v) is 10.0. The molecule has 0 amide bonds. The molecule has 78 valence electrons. The first-order valence-electron chi connectivity index (χ1n) is 4.98. The van der Waals surface area contributed by atoms with Gasteiger partial charge in [0.1, 0.15) is 5.50 Å². The largest absolute Gasteiger partial charge is 0.301 e. The standard InChI is InChI=1S/C12H18ClN/c1-8(2)10-6-5-9(3)11(7-10)12(13)14-4/h5-8,12,14H,1-4H3. The van der Waals surface area contributed by atoms with Crippen LogP contribution in [0.3, 0.4) is 0 Å². The first-order chi connectivity index (χ1) is 6.56. The Labute approximate surface area is 91.5 Å². The zero-order chi connectivity index (χ0) is 10.7. The Hall–Kier alpha value is -0.530. The molecule has 0 spiro atoms. The molecule has 0 saturated carbocycles. The normalized spacial score (nSPS) is 13.3. The lowest BCUT2D eigenvalue weighted by Gasteiger charge is -2.15.